The molecule has 8 nitrogen and oxygen atoms in total. The Balaban J connectivity index is 0.00000195. The Hall–Kier alpha value is -3.23. The van der Waals surface area contributed by atoms with E-state index in [1.807, 2.05) is 44.2 Å². The number of benzene rings is 1. The van der Waals surface area contributed by atoms with Crippen LogP contribution in [-0.2, 0) is 22.4 Å². The number of aromatic nitrogens is 2. The van der Waals surface area contributed by atoms with E-state index in [0.29, 0.717) is 19.6 Å². The monoisotopic (exact) mass is 521 g/mol. The van der Waals surface area contributed by atoms with E-state index in [-0.39, 0.29) is 0 Å². The fourth-order valence-corrected chi connectivity index (χ4v) is 4.68. The van der Waals surface area contributed by atoms with Crippen molar-refractivity contribution in [3.63, 3.8) is 0 Å². The molecule has 3 aromatic rings. The van der Waals surface area contributed by atoms with Gasteiger partial charge in [0, 0.05) is 49.7 Å². The summed E-state index contributed by atoms with van der Waals surface area (Å²) in [5.74, 6) is 0.198. The molecule has 0 saturated carbocycles. The van der Waals surface area contributed by atoms with E-state index in [2.05, 4.69) is 32.7 Å². The molecule has 1 unspecified atom stereocenters. The summed E-state index contributed by atoms with van der Waals surface area (Å²) in [6, 6.07) is 13.3. The van der Waals surface area contributed by atoms with Crippen LogP contribution in [0.4, 0.5) is 11.5 Å². The second kappa shape index (κ2) is 15.9. The molecule has 0 aliphatic carbocycles. The minimum absolute atomic E-state index is 0.494. The summed E-state index contributed by atoms with van der Waals surface area (Å²) in [4.78, 5) is 23.5. The van der Waals surface area contributed by atoms with Crippen LogP contribution in [0.3, 0.4) is 0 Å². The highest BCUT2D eigenvalue weighted by Gasteiger charge is 2.20. The number of hydrogen-bond donors (Lipinski definition) is 3. The van der Waals surface area contributed by atoms with Crippen LogP contribution in [0.2, 0.25) is 0 Å². The topological polar surface area (TPSA) is 99.6 Å². The van der Waals surface area contributed by atoms with Crippen molar-refractivity contribution in [1.82, 2.24) is 14.9 Å². The van der Waals surface area contributed by atoms with Crippen LogP contribution in [0.5, 0.6) is 0 Å². The van der Waals surface area contributed by atoms with E-state index in [1.54, 1.807) is 13.3 Å². The highest BCUT2D eigenvalue weighted by molar-refractivity contribution is 5.92. The van der Waals surface area contributed by atoms with E-state index in [4.69, 9.17) is 9.72 Å². The van der Waals surface area contributed by atoms with Crippen LogP contribution >= 0.6 is 0 Å². The average molecular weight is 522 g/mol. The van der Waals surface area contributed by atoms with Gasteiger partial charge in [0.2, 0.25) is 0 Å². The zero-order chi connectivity index (χ0) is 27.2. The number of rotatable bonds is 14. The lowest BCUT2D eigenvalue weighted by Gasteiger charge is -2.25. The van der Waals surface area contributed by atoms with Crippen LogP contribution in [-0.4, -0.2) is 71.9 Å². The van der Waals surface area contributed by atoms with Crippen molar-refractivity contribution in [2.45, 2.75) is 58.4 Å². The van der Waals surface area contributed by atoms with Gasteiger partial charge in [-0.25, -0.2) is 9.78 Å². The van der Waals surface area contributed by atoms with Crippen LogP contribution in [0.1, 0.15) is 50.8 Å². The molecule has 8 heteroatoms. The van der Waals surface area contributed by atoms with Crippen molar-refractivity contribution in [3.8, 4) is 0 Å². The highest BCUT2D eigenvalue weighted by atomic mass is 16.5. The number of carboxylic acids is 1. The largest absolute Gasteiger partial charge is 0.480 e. The summed E-state index contributed by atoms with van der Waals surface area (Å²) < 4.78 is 5.30. The first-order valence-corrected chi connectivity index (χ1v) is 13.9. The van der Waals surface area contributed by atoms with Gasteiger partial charge in [-0.05, 0) is 68.8 Å². The number of aliphatic carboxylic acids is 1. The maximum absolute atomic E-state index is 12.1. The minimum Gasteiger partial charge on any atom is -0.480 e. The minimum atomic E-state index is -0.852. The Bertz CT molecular complexity index is 1130. The number of pyridine rings is 2. The van der Waals surface area contributed by atoms with E-state index >= 15 is 0 Å². The van der Waals surface area contributed by atoms with Crippen molar-refractivity contribution in [2.24, 2.45) is 0 Å². The zero-order valence-corrected chi connectivity index (χ0v) is 23.1. The molecule has 1 aliphatic heterocycles. The summed E-state index contributed by atoms with van der Waals surface area (Å²) in [5, 5.41) is 17.5. The second-order valence-electron chi connectivity index (χ2n) is 9.33. The van der Waals surface area contributed by atoms with Crippen molar-refractivity contribution in [2.75, 3.05) is 50.5 Å². The molecule has 0 amide bonds. The molecule has 1 aromatic carbocycles. The Morgan fingerprint density at radius 2 is 1.97 bits per heavy atom. The van der Waals surface area contributed by atoms with Crippen LogP contribution in [0.25, 0.3) is 10.9 Å². The predicted molar refractivity (Wildman–Crippen MR) is 155 cm³/mol. The third-order valence-corrected chi connectivity index (χ3v) is 6.73. The zero-order valence-electron chi connectivity index (χ0n) is 23.1. The second-order valence-corrected chi connectivity index (χ2v) is 9.33. The van der Waals surface area contributed by atoms with Crippen LogP contribution in [0.15, 0.2) is 48.7 Å². The number of para-hydroxylation sites is 1. The Morgan fingerprint density at radius 3 is 2.79 bits per heavy atom. The van der Waals surface area contributed by atoms with Gasteiger partial charge in [-0.2, -0.15) is 0 Å². The molecular formula is C30H43N5O3. The molecule has 1 atom stereocenters. The number of nitrogens with zero attached hydrogens (tertiary/aromatic N) is 3. The molecule has 0 saturated heterocycles. The Kier molecular flexibility index (Phi) is 12.3. The molecule has 0 bridgehead atoms. The van der Waals surface area contributed by atoms with Crippen LogP contribution in [0, 0.1) is 0 Å². The number of unbranched alkanes of at least 4 members (excludes halogenated alkanes) is 1. The number of carbonyl (C=O) groups is 1. The maximum atomic E-state index is 12.1. The molecule has 3 heterocycles. The lowest BCUT2D eigenvalue weighted by molar-refractivity contribution is -0.138. The molecule has 2 aromatic heterocycles. The van der Waals surface area contributed by atoms with E-state index < -0.39 is 12.0 Å². The molecule has 3 N–H and O–H groups in total. The first-order chi connectivity index (χ1) is 18.6. The van der Waals surface area contributed by atoms with Crippen LogP contribution < -0.4 is 10.6 Å². The van der Waals surface area contributed by atoms with Crippen molar-refractivity contribution >= 4 is 28.4 Å². The quantitative estimate of drug-likeness (QED) is 0.248. The van der Waals surface area contributed by atoms with Gasteiger partial charge in [-0.1, -0.05) is 38.1 Å². The number of anilines is 2. The Morgan fingerprint density at radius 1 is 1.13 bits per heavy atom. The van der Waals surface area contributed by atoms with E-state index in [0.717, 1.165) is 73.4 Å². The van der Waals surface area contributed by atoms with Crippen molar-refractivity contribution < 1.29 is 14.6 Å². The van der Waals surface area contributed by atoms with E-state index in [9.17, 15) is 9.90 Å². The fourth-order valence-electron chi connectivity index (χ4n) is 4.68. The molecule has 1 aliphatic rings. The first kappa shape index (κ1) is 29.3. The van der Waals surface area contributed by atoms with Gasteiger partial charge in [0.15, 0.2) is 0 Å². The number of methoxy groups -OCH3 is 1. The first-order valence-electron chi connectivity index (χ1n) is 13.9. The van der Waals surface area contributed by atoms with Gasteiger partial charge < -0.3 is 25.4 Å². The highest BCUT2D eigenvalue weighted by Crippen LogP contribution is 2.23. The van der Waals surface area contributed by atoms with Crippen molar-refractivity contribution in [3.05, 3.63) is 59.9 Å². The molecular weight excluding hydrogens is 478 g/mol. The van der Waals surface area contributed by atoms with Gasteiger partial charge >= 0.3 is 5.97 Å². The number of hydrogen-bond acceptors (Lipinski definition) is 7. The number of carboxylic acid groups (broad SMARTS) is 1. The van der Waals surface area contributed by atoms with E-state index in [1.165, 1.54) is 12.0 Å². The molecule has 0 fully saturated rings. The molecule has 38 heavy (non-hydrogen) atoms. The lowest BCUT2D eigenvalue weighted by atomic mass is 10.1. The number of nitrogens with one attached hydrogen (secondary N) is 2. The van der Waals surface area contributed by atoms with Gasteiger partial charge in [-0.3, -0.25) is 4.98 Å². The third kappa shape index (κ3) is 8.67. The predicted octanol–water partition coefficient (Wildman–Crippen LogP) is 5.24. The third-order valence-electron chi connectivity index (χ3n) is 6.73. The molecule has 0 spiro atoms. The fraction of sp³-hybridized carbons (Fsp3) is 0.500. The average Bonchev–Trinajstić information content (AvgIpc) is 2.96. The summed E-state index contributed by atoms with van der Waals surface area (Å²) in [6.07, 6.45) is 7.49. The van der Waals surface area contributed by atoms with Gasteiger partial charge in [-0.15, -0.1) is 0 Å². The smallest absolute Gasteiger partial charge is 0.326 e. The standard InChI is InChI=1S/C28H37N5O3.C2H6/c1-36-20-19-33(17-5-4-8-22-12-11-21-7-6-15-30-27(21)31-22)18-14-26(28(34)35)32-25-13-16-29-24-10-3-2-9-23(24)25;1-2/h2-3,9-13,16,26H,4-8,14-15,17-20H2,1H3,(H,29,32)(H,30,31)(H,34,35);1-2H3. The normalized spacial score (nSPS) is 13.3. The summed E-state index contributed by atoms with van der Waals surface area (Å²) in [7, 11) is 1.70. The number of fused-ring (bicyclic) bond motifs is 2. The molecule has 4 rings (SSSR count). The summed E-state index contributed by atoms with van der Waals surface area (Å²) in [5.41, 5.74) is 4.09. The lowest BCUT2D eigenvalue weighted by Crippen LogP contribution is -2.36. The van der Waals surface area contributed by atoms with Crippen molar-refractivity contribution in [1.29, 1.82) is 0 Å². The molecule has 0 radical (unpaired) electrons. The maximum Gasteiger partial charge on any atom is 0.326 e. The Labute approximate surface area is 226 Å². The number of aryl methyl sites for hydroxylation is 2. The number of ether oxygens (including phenoxy) is 1. The van der Waals surface area contributed by atoms with Gasteiger partial charge in [0.25, 0.3) is 0 Å². The van der Waals surface area contributed by atoms with Gasteiger partial charge in [0.05, 0.1) is 12.1 Å². The SMILES string of the molecule is CC.COCCN(CCCCc1ccc2c(n1)NCCC2)CCC(Nc1ccnc2ccccc12)C(=O)O. The summed E-state index contributed by atoms with van der Waals surface area (Å²) >= 11 is 0. The van der Waals surface area contributed by atoms with Gasteiger partial charge in [0.1, 0.15) is 11.9 Å². The summed E-state index contributed by atoms with van der Waals surface area (Å²) in [6.45, 7) is 7.98. The molecule has 206 valence electrons.